The second kappa shape index (κ2) is 8.87. The van der Waals surface area contributed by atoms with Crippen molar-refractivity contribution in [3.63, 3.8) is 0 Å². The molecule has 7 heteroatoms. The van der Waals surface area contributed by atoms with Crippen molar-refractivity contribution in [3.05, 3.63) is 60.0 Å². The molecular formula is C19H19N3O3S. The molecule has 134 valence electrons. The number of thiazole rings is 1. The van der Waals surface area contributed by atoms with Gasteiger partial charge in [-0.05, 0) is 24.3 Å². The molecule has 6 nitrogen and oxygen atoms in total. The Morgan fingerprint density at radius 1 is 1.08 bits per heavy atom. The molecule has 0 spiro atoms. The number of carbonyl (C=O) groups is 1. The second-order valence-corrected chi connectivity index (χ2v) is 6.17. The third kappa shape index (κ3) is 4.97. The van der Waals surface area contributed by atoms with Crippen LogP contribution in [0.3, 0.4) is 0 Å². The van der Waals surface area contributed by atoms with E-state index in [2.05, 4.69) is 15.6 Å². The first-order valence-corrected chi connectivity index (χ1v) is 8.95. The number of aromatic nitrogens is 1. The highest BCUT2D eigenvalue weighted by molar-refractivity contribution is 7.14. The number of rotatable bonds is 7. The summed E-state index contributed by atoms with van der Waals surface area (Å²) < 4.78 is 10.6. The van der Waals surface area contributed by atoms with Gasteiger partial charge in [0.05, 0.1) is 19.3 Å². The summed E-state index contributed by atoms with van der Waals surface area (Å²) in [5.41, 5.74) is 1.86. The van der Waals surface area contributed by atoms with Crippen molar-refractivity contribution in [2.24, 2.45) is 0 Å². The molecule has 26 heavy (non-hydrogen) atoms. The fraction of sp³-hybridized carbons (Fsp3) is 0.158. The standard InChI is InChI=1S/C19H19N3O3S/c1-24-15-7-9-16(10-8-15)25-12-11-20-18(23)22-19-21-17(13-26-19)14-5-3-2-4-6-14/h2-10,13H,11-12H2,1H3,(H2,20,21,22,23). The van der Waals surface area contributed by atoms with Crippen LogP contribution >= 0.6 is 11.3 Å². The summed E-state index contributed by atoms with van der Waals surface area (Å²) in [6, 6.07) is 16.8. The minimum absolute atomic E-state index is 0.308. The fourth-order valence-corrected chi connectivity index (χ4v) is 2.93. The van der Waals surface area contributed by atoms with Crippen molar-refractivity contribution in [1.29, 1.82) is 0 Å². The molecule has 0 aliphatic heterocycles. The van der Waals surface area contributed by atoms with Crippen molar-refractivity contribution in [2.45, 2.75) is 0 Å². The Morgan fingerprint density at radius 3 is 2.54 bits per heavy atom. The molecule has 0 aliphatic carbocycles. The lowest BCUT2D eigenvalue weighted by Crippen LogP contribution is -2.32. The Labute approximate surface area is 155 Å². The Morgan fingerprint density at radius 2 is 1.81 bits per heavy atom. The van der Waals surface area contributed by atoms with Crippen LogP contribution in [0.15, 0.2) is 60.0 Å². The van der Waals surface area contributed by atoms with Gasteiger partial charge in [0.1, 0.15) is 18.1 Å². The number of carbonyl (C=O) groups excluding carboxylic acids is 1. The fourth-order valence-electron chi connectivity index (χ4n) is 2.22. The first kappa shape index (κ1) is 17.8. The van der Waals surface area contributed by atoms with Gasteiger partial charge in [-0.25, -0.2) is 9.78 Å². The van der Waals surface area contributed by atoms with Crippen molar-refractivity contribution >= 4 is 22.5 Å². The maximum atomic E-state index is 11.9. The van der Waals surface area contributed by atoms with Gasteiger partial charge < -0.3 is 14.8 Å². The number of nitrogens with zero attached hydrogens (tertiary/aromatic N) is 1. The van der Waals surface area contributed by atoms with Gasteiger partial charge in [-0.2, -0.15) is 0 Å². The molecule has 0 aliphatic rings. The lowest BCUT2D eigenvalue weighted by Gasteiger charge is -2.08. The van der Waals surface area contributed by atoms with E-state index in [1.165, 1.54) is 11.3 Å². The quantitative estimate of drug-likeness (QED) is 0.617. The van der Waals surface area contributed by atoms with Crippen LogP contribution < -0.4 is 20.1 Å². The Kier molecular flexibility index (Phi) is 6.05. The SMILES string of the molecule is COc1ccc(OCCNC(=O)Nc2nc(-c3ccccc3)cs2)cc1. The molecule has 2 amide bonds. The van der Waals surface area contributed by atoms with E-state index in [1.807, 2.05) is 60.0 Å². The molecule has 1 aromatic heterocycles. The summed E-state index contributed by atoms with van der Waals surface area (Å²) in [5, 5.41) is 7.94. The van der Waals surface area contributed by atoms with E-state index >= 15 is 0 Å². The number of amides is 2. The van der Waals surface area contributed by atoms with Gasteiger partial charge in [0.15, 0.2) is 5.13 Å². The van der Waals surface area contributed by atoms with Crippen molar-refractivity contribution in [2.75, 3.05) is 25.6 Å². The summed E-state index contributed by atoms with van der Waals surface area (Å²) in [4.78, 5) is 16.3. The van der Waals surface area contributed by atoms with Crippen molar-refractivity contribution in [1.82, 2.24) is 10.3 Å². The van der Waals surface area contributed by atoms with Gasteiger partial charge in [0.2, 0.25) is 0 Å². The number of anilines is 1. The first-order chi connectivity index (χ1) is 12.7. The molecule has 2 N–H and O–H groups in total. The third-order valence-corrected chi connectivity index (χ3v) is 4.27. The third-order valence-electron chi connectivity index (χ3n) is 3.51. The van der Waals surface area contributed by atoms with Gasteiger partial charge in [0.25, 0.3) is 0 Å². The minimum Gasteiger partial charge on any atom is -0.497 e. The zero-order valence-corrected chi connectivity index (χ0v) is 15.1. The molecule has 0 radical (unpaired) electrons. The highest BCUT2D eigenvalue weighted by atomic mass is 32.1. The summed E-state index contributed by atoms with van der Waals surface area (Å²) in [6.45, 7) is 0.752. The van der Waals surface area contributed by atoms with Crippen LogP contribution in [-0.2, 0) is 0 Å². The van der Waals surface area contributed by atoms with E-state index in [0.29, 0.717) is 18.3 Å². The molecule has 0 atom stereocenters. The number of benzene rings is 2. The number of urea groups is 1. The maximum Gasteiger partial charge on any atom is 0.321 e. The Bertz CT molecular complexity index is 835. The van der Waals surface area contributed by atoms with Crippen LogP contribution in [0.2, 0.25) is 0 Å². The summed E-state index contributed by atoms with van der Waals surface area (Å²) >= 11 is 1.39. The number of methoxy groups -OCH3 is 1. The molecule has 0 saturated carbocycles. The van der Waals surface area contributed by atoms with Crippen molar-refractivity contribution < 1.29 is 14.3 Å². The van der Waals surface area contributed by atoms with Crippen LogP contribution in [-0.4, -0.2) is 31.3 Å². The van der Waals surface area contributed by atoms with Gasteiger partial charge in [0, 0.05) is 10.9 Å². The summed E-state index contributed by atoms with van der Waals surface area (Å²) in [6.07, 6.45) is 0. The van der Waals surface area contributed by atoms with E-state index in [9.17, 15) is 4.79 Å². The molecule has 0 unspecified atom stereocenters. The zero-order valence-electron chi connectivity index (χ0n) is 14.3. The molecule has 1 heterocycles. The Balaban J connectivity index is 1.41. The van der Waals surface area contributed by atoms with E-state index in [0.717, 1.165) is 22.8 Å². The summed E-state index contributed by atoms with van der Waals surface area (Å²) in [5.74, 6) is 1.49. The smallest absolute Gasteiger partial charge is 0.321 e. The van der Waals surface area contributed by atoms with E-state index < -0.39 is 0 Å². The van der Waals surface area contributed by atoms with E-state index in [4.69, 9.17) is 9.47 Å². The van der Waals surface area contributed by atoms with Gasteiger partial charge in [-0.3, -0.25) is 5.32 Å². The predicted octanol–water partition coefficient (Wildman–Crippen LogP) is 4.02. The lowest BCUT2D eigenvalue weighted by molar-refractivity contribution is 0.247. The average molecular weight is 369 g/mol. The molecular weight excluding hydrogens is 350 g/mol. The monoisotopic (exact) mass is 369 g/mol. The number of hydrogen-bond acceptors (Lipinski definition) is 5. The van der Waals surface area contributed by atoms with Crippen LogP contribution in [0, 0.1) is 0 Å². The van der Waals surface area contributed by atoms with Crippen molar-refractivity contribution in [3.8, 4) is 22.8 Å². The van der Waals surface area contributed by atoms with Crippen LogP contribution in [0.1, 0.15) is 0 Å². The van der Waals surface area contributed by atoms with Gasteiger partial charge in [-0.1, -0.05) is 30.3 Å². The van der Waals surface area contributed by atoms with Crippen LogP contribution in [0.4, 0.5) is 9.93 Å². The minimum atomic E-state index is -0.308. The first-order valence-electron chi connectivity index (χ1n) is 8.07. The highest BCUT2D eigenvalue weighted by Gasteiger charge is 2.07. The van der Waals surface area contributed by atoms with Gasteiger partial charge >= 0.3 is 6.03 Å². The number of ether oxygens (including phenoxy) is 2. The highest BCUT2D eigenvalue weighted by Crippen LogP contribution is 2.24. The topological polar surface area (TPSA) is 72.5 Å². The van der Waals surface area contributed by atoms with Crippen LogP contribution in [0.25, 0.3) is 11.3 Å². The molecule has 0 saturated heterocycles. The molecule has 2 aromatic carbocycles. The average Bonchev–Trinajstić information content (AvgIpc) is 3.15. The maximum absolute atomic E-state index is 11.9. The van der Waals surface area contributed by atoms with Gasteiger partial charge in [-0.15, -0.1) is 11.3 Å². The summed E-state index contributed by atoms with van der Waals surface area (Å²) in [7, 11) is 1.61. The number of nitrogens with one attached hydrogen (secondary N) is 2. The Hall–Kier alpha value is -3.06. The molecule has 0 bridgehead atoms. The zero-order chi connectivity index (χ0) is 18.2. The van der Waals surface area contributed by atoms with Crippen LogP contribution in [0.5, 0.6) is 11.5 Å². The molecule has 0 fully saturated rings. The lowest BCUT2D eigenvalue weighted by atomic mass is 10.2. The normalized spacial score (nSPS) is 10.2. The molecule has 3 rings (SSSR count). The predicted molar refractivity (Wildman–Crippen MR) is 103 cm³/mol. The van der Waals surface area contributed by atoms with E-state index in [1.54, 1.807) is 7.11 Å². The largest absolute Gasteiger partial charge is 0.497 e. The number of hydrogen-bond donors (Lipinski definition) is 2. The second-order valence-electron chi connectivity index (χ2n) is 5.31. The van der Waals surface area contributed by atoms with E-state index in [-0.39, 0.29) is 6.03 Å². The molecule has 3 aromatic rings.